The molecule has 6 nitrogen and oxygen atoms in total. The Balaban J connectivity index is 1.86. The molecule has 5 aromatic rings. The molecule has 0 spiro atoms. The molecule has 0 bridgehead atoms. The second kappa shape index (κ2) is 5.24. The Kier molecular flexibility index (Phi) is 2.90. The number of aryl methyl sites for hydroxylation is 1. The Hall–Kier alpha value is -3.54. The molecule has 0 amide bonds. The Morgan fingerprint density at radius 2 is 1.92 bits per heavy atom. The van der Waals surface area contributed by atoms with Crippen LogP contribution in [-0.4, -0.2) is 24.3 Å². The standard InChI is InChI=1S/C19H14N6/c1-12-3-2-4-13(9-12)22-17-14-5-6-20-10-15(14)23-19-18(17)24-16-11-21-7-8-25(16)19/h2-11H,1H3,(H,22,23). The van der Waals surface area contributed by atoms with Gasteiger partial charge < -0.3 is 5.32 Å². The van der Waals surface area contributed by atoms with Gasteiger partial charge in [0.05, 0.1) is 23.6 Å². The number of rotatable bonds is 2. The molecule has 0 atom stereocenters. The third kappa shape index (κ3) is 2.19. The zero-order valence-electron chi connectivity index (χ0n) is 13.5. The number of hydrogen-bond acceptors (Lipinski definition) is 5. The number of anilines is 2. The molecule has 0 aliphatic rings. The third-order valence-corrected chi connectivity index (χ3v) is 4.22. The number of imidazole rings is 1. The zero-order chi connectivity index (χ0) is 16.8. The van der Waals surface area contributed by atoms with Gasteiger partial charge in [-0.1, -0.05) is 12.1 Å². The van der Waals surface area contributed by atoms with E-state index >= 15 is 0 Å². The van der Waals surface area contributed by atoms with Crippen LogP contribution in [0.3, 0.4) is 0 Å². The quantitative estimate of drug-likeness (QED) is 0.533. The van der Waals surface area contributed by atoms with Crippen LogP contribution in [0.4, 0.5) is 11.4 Å². The number of nitrogens with zero attached hydrogens (tertiary/aromatic N) is 5. The number of aromatic nitrogens is 5. The third-order valence-electron chi connectivity index (χ3n) is 4.22. The van der Waals surface area contributed by atoms with Gasteiger partial charge in [0.15, 0.2) is 11.3 Å². The van der Waals surface area contributed by atoms with Crippen molar-refractivity contribution in [2.75, 3.05) is 5.32 Å². The van der Waals surface area contributed by atoms with Gasteiger partial charge in [-0.15, -0.1) is 0 Å². The van der Waals surface area contributed by atoms with Gasteiger partial charge >= 0.3 is 0 Å². The minimum Gasteiger partial charge on any atom is -0.353 e. The number of benzene rings is 1. The molecule has 120 valence electrons. The maximum Gasteiger partial charge on any atom is 0.167 e. The maximum absolute atomic E-state index is 4.76. The summed E-state index contributed by atoms with van der Waals surface area (Å²) in [5.74, 6) is 0. The molecule has 0 aliphatic heterocycles. The smallest absolute Gasteiger partial charge is 0.167 e. The van der Waals surface area contributed by atoms with Crippen molar-refractivity contribution in [2.24, 2.45) is 0 Å². The van der Waals surface area contributed by atoms with E-state index < -0.39 is 0 Å². The summed E-state index contributed by atoms with van der Waals surface area (Å²) in [5, 5.41) is 4.51. The van der Waals surface area contributed by atoms with Crippen molar-refractivity contribution in [1.29, 1.82) is 0 Å². The lowest BCUT2D eigenvalue weighted by atomic mass is 10.1. The van der Waals surface area contributed by atoms with E-state index in [9.17, 15) is 0 Å². The number of nitrogens with one attached hydrogen (secondary N) is 1. The van der Waals surface area contributed by atoms with E-state index in [1.165, 1.54) is 5.56 Å². The van der Waals surface area contributed by atoms with Gasteiger partial charge in [-0.3, -0.25) is 14.4 Å². The van der Waals surface area contributed by atoms with Crippen LogP contribution in [0.1, 0.15) is 5.56 Å². The minimum absolute atomic E-state index is 0.764. The summed E-state index contributed by atoms with van der Waals surface area (Å²) < 4.78 is 1.94. The van der Waals surface area contributed by atoms with Gasteiger partial charge in [0, 0.05) is 29.7 Å². The van der Waals surface area contributed by atoms with E-state index in [-0.39, 0.29) is 0 Å². The van der Waals surface area contributed by atoms with Crippen molar-refractivity contribution in [3.05, 3.63) is 66.9 Å². The summed E-state index contributed by atoms with van der Waals surface area (Å²) in [6.07, 6.45) is 8.89. The van der Waals surface area contributed by atoms with Gasteiger partial charge in [-0.05, 0) is 30.7 Å². The second-order valence-electron chi connectivity index (χ2n) is 5.96. The van der Waals surface area contributed by atoms with Crippen LogP contribution in [0.15, 0.2) is 61.3 Å². The monoisotopic (exact) mass is 326 g/mol. The molecule has 6 heteroatoms. The first-order valence-corrected chi connectivity index (χ1v) is 7.99. The molecule has 0 radical (unpaired) electrons. The van der Waals surface area contributed by atoms with Crippen molar-refractivity contribution in [1.82, 2.24) is 24.3 Å². The summed E-state index contributed by atoms with van der Waals surface area (Å²) in [6, 6.07) is 10.2. The fourth-order valence-electron chi connectivity index (χ4n) is 3.09. The van der Waals surface area contributed by atoms with Gasteiger partial charge in [-0.2, -0.15) is 0 Å². The van der Waals surface area contributed by atoms with E-state index in [0.29, 0.717) is 0 Å². The highest BCUT2D eigenvalue weighted by Gasteiger charge is 2.15. The summed E-state index contributed by atoms with van der Waals surface area (Å²) >= 11 is 0. The van der Waals surface area contributed by atoms with Gasteiger partial charge in [0.1, 0.15) is 5.52 Å². The van der Waals surface area contributed by atoms with E-state index in [1.54, 1.807) is 24.8 Å². The van der Waals surface area contributed by atoms with Crippen molar-refractivity contribution in [3.63, 3.8) is 0 Å². The zero-order valence-corrected chi connectivity index (χ0v) is 13.5. The second-order valence-corrected chi connectivity index (χ2v) is 5.96. The lowest BCUT2D eigenvalue weighted by Crippen LogP contribution is -1.96. The first-order valence-electron chi connectivity index (χ1n) is 7.99. The Labute approximate surface area is 143 Å². The topological polar surface area (TPSA) is 68.0 Å². The number of pyridine rings is 2. The highest BCUT2D eigenvalue weighted by molar-refractivity contribution is 6.06. The highest BCUT2D eigenvalue weighted by atomic mass is 15.1. The lowest BCUT2D eigenvalue weighted by Gasteiger charge is -2.11. The molecule has 0 unspecified atom stereocenters. The minimum atomic E-state index is 0.764. The van der Waals surface area contributed by atoms with Crippen molar-refractivity contribution >= 4 is 39.1 Å². The highest BCUT2D eigenvalue weighted by Crippen LogP contribution is 2.32. The molecular weight excluding hydrogens is 312 g/mol. The molecule has 4 aromatic heterocycles. The van der Waals surface area contributed by atoms with Crippen LogP contribution in [-0.2, 0) is 0 Å². The van der Waals surface area contributed by atoms with Crippen molar-refractivity contribution in [3.8, 4) is 0 Å². The predicted molar refractivity (Wildman–Crippen MR) is 98.1 cm³/mol. The van der Waals surface area contributed by atoms with E-state index in [0.717, 1.165) is 39.1 Å². The predicted octanol–water partition coefficient (Wildman–Crippen LogP) is 3.88. The fourth-order valence-corrected chi connectivity index (χ4v) is 3.09. The number of hydrogen-bond donors (Lipinski definition) is 1. The van der Waals surface area contributed by atoms with Gasteiger partial charge in [0.2, 0.25) is 0 Å². The summed E-state index contributed by atoms with van der Waals surface area (Å²) in [5.41, 5.74) is 6.32. The van der Waals surface area contributed by atoms with E-state index in [1.807, 2.05) is 28.8 Å². The molecule has 5 rings (SSSR count). The summed E-state index contributed by atoms with van der Waals surface area (Å²) in [6.45, 7) is 2.08. The first-order chi connectivity index (χ1) is 12.3. The molecule has 0 aliphatic carbocycles. The summed E-state index contributed by atoms with van der Waals surface area (Å²) in [4.78, 5) is 17.9. The van der Waals surface area contributed by atoms with E-state index in [4.69, 9.17) is 9.97 Å². The van der Waals surface area contributed by atoms with Crippen LogP contribution in [0.25, 0.3) is 27.7 Å². The molecule has 4 heterocycles. The molecule has 0 fully saturated rings. The summed E-state index contributed by atoms with van der Waals surface area (Å²) in [7, 11) is 0. The van der Waals surface area contributed by atoms with Crippen molar-refractivity contribution in [2.45, 2.75) is 6.92 Å². The molecule has 1 N–H and O–H groups in total. The lowest BCUT2D eigenvalue weighted by molar-refractivity contribution is 1.13. The maximum atomic E-state index is 4.76. The Morgan fingerprint density at radius 1 is 1.00 bits per heavy atom. The molecule has 0 saturated carbocycles. The molecule has 1 aromatic carbocycles. The van der Waals surface area contributed by atoms with Crippen molar-refractivity contribution < 1.29 is 0 Å². The number of fused-ring (bicyclic) bond motifs is 4. The van der Waals surface area contributed by atoms with Crippen LogP contribution >= 0.6 is 0 Å². The SMILES string of the molecule is Cc1cccc(Nc2c3ccncc3nc3c2nc2cnccn23)c1. The first kappa shape index (κ1) is 13.9. The van der Waals surface area contributed by atoms with Crippen LogP contribution in [0.5, 0.6) is 0 Å². The molecule has 25 heavy (non-hydrogen) atoms. The van der Waals surface area contributed by atoms with Crippen LogP contribution < -0.4 is 5.32 Å². The van der Waals surface area contributed by atoms with Gasteiger partial charge in [-0.25, -0.2) is 9.97 Å². The van der Waals surface area contributed by atoms with Crippen LogP contribution in [0, 0.1) is 6.92 Å². The normalized spacial score (nSPS) is 11.4. The van der Waals surface area contributed by atoms with Crippen LogP contribution in [0.2, 0.25) is 0 Å². The molecular formula is C19H14N6. The van der Waals surface area contributed by atoms with E-state index in [2.05, 4.69) is 34.3 Å². The van der Waals surface area contributed by atoms with Gasteiger partial charge in [0.25, 0.3) is 0 Å². The Bertz CT molecular complexity index is 1240. The average molecular weight is 326 g/mol. The largest absolute Gasteiger partial charge is 0.353 e. The fraction of sp³-hybridized carbons (Fsp3) is 0.0526. The molecule has 0 saturated heterocycles. The average Bonchev–Trinajstić information content (AvgIpc) is 3.00. The Morgan fingerprint density at radius 3 is 2.84 bits per heavy atom.